The van der Waals surface area contributed by atoms with E-state index in [-0.39, 0.29) is 24.0 Å². The maximum Gasteiger partial charge on any atom is 0.323 e. The van der Waals surface area contributed by atoms with Crippen LogP contribution >= 0.6 is 0 Å². The van der Waals surface area contributed by atoms with Crippen molar-refractivity contribution in [3.8, 4) is 0 Å². The Morgan fingerprint density at radius 1 is 1.56 bits per heavy atom. The lowest BCUT2D eigenvalue weighted by atomic mass is 10.2. The molecule has 0 aromatic carbocycles. The van der Waals surface area contributed by atoms with Gasteiger partial charge in [-0.3, -0.25) is 14.5 Å². The summed E-state index contributed by atoms with van der Waals surface area (Å²) in [4.78, 5) is 25.1. The van der Waals surface area contributed by atoms with E-state index < -0.39 is 0 Å². The third-order valence-electron chi connectivity index (χ3n) is 2.98. The number of rotatable bonds is 4. The first-order valence-corrected chi connectivity index (χ1v) is 5.75. The van der Waals surface area contributed by atoms with Gasteiger partial charge in [0.25, 0.3) is 0 Å². The van der Waals surface area contributed by atoms with Gasteiger partial charge in [-0.05, 0) is 33.2 Å². The zero-order valence-electron chi connectivity index (χ0n) is 10.2. The van der Waals surface area contributed by atoms with E-state index >= 15 is 0 Å². The number of esters is 1. The van der Waals surface area contributed by atoms with E-state index in [1.54, 1.807) is 14.0 Å². The second kappa shape index (κ2) is 5.84. The van der Waals surface area contributed by atoms with Crippen LogP contribution in [0.3, 0.4) is 0 Å². The van der Waals surface area contributed by atoms with Crippen molar-refractivity contribution in [1.29, 1.82) is 0 Å². The lowest BCUT2D eigenvalue weighted by Crippen LogP contribution is -2.49. The van der Waals surface area contributed by atoms with Crippen molar-refractivity contribution in [1.82, 2.24) is 10.2 Å². The molecule has 0 aromatic rings. The first kappa shape index (κ1) is 13.0. The van der Waals surface area contributed by atoms with Crippen LogP contribution in [-0.4, -0.2) is 49.1 Å². The second-order valence-electron chi connectivity index (χ2n) is 3.94. The van der Waals surface area contributed by atoms with Gasteiger partial charge in [0.1, 0.15) is 6.04 Å². The third-order valence-corrected chi connectivity index (χ3v) is 2.98. The van der Waals surface area contributed by atoms with Crippen LogP contribution in [-0.2, 0) is 14.3 Å². The molecule has 1 saturated heterocycles. The number of nitrogens with one attached hydrogen (secondary N) is 1. The van der Waals surface area contributed by atoms with Gasteiger partial charge in [-0.1, -0.05) is 0 Å². The summed E-state index contributed by atoms with van der Waals surface area (Å²) >= 11 is 0. The van der Waals surface area contributed by atoms with Crippen LogP contribution in [0.5, 0.6) is 0 Å². The molecule has 0 aromatic heterocycles. The fourth-order valence-electron chi connectivity index (χ4n) is 2.10. The number of amides is 1. The van der Waals surface area contributed by atoms with Crippen LogP contribution < -0.4 is 5.32 Å². The van der Waals surface area contributed by atoms with Crippen molar-refractivity contribution >= 4 is 11.9 Å². The summed E-state index contributed by atoms with van der Waals surface area (Å²) in [5.41, 5.74) is 0. The molecule has 0 saturated carbocycles. The van der Waals surface area contributed by atoms with E-state index in [0.29, 0.717) is 6.61 Å². The van der Waals surface area contributed by atoms with Gasteiger partial charge in [-0.2, -0.15) is 0 Å². The highest BCUT2D eigenvalue weighted by Gasteiger charge is 2.36. The van der Waals surface area contributed by atoms with Crippen molar-refractivity contribution in [2.45, 2.75) is 38.8 Å². The number of hydrogen-bond donors (Lipinski definition) is 1. The van der Waals surface area contributed by atoms with Crippen LogP contribution in [0.25, 0.3) is 0 Å². The molecule has 5 heteroatoms. The van der Waals surface area contributed by atoms with Crippen LogP contribution in [0.2, 0.25) is 0 Å². The van der Waals surface area contributed by atoms with E-state index in [2.05, 4.69) is 5.32 Å². The fourth-order valence-corrected chi connectivity index (χ4v) is 2.10. The first-order chi connectivity index (χ1) is 7.61. The zero-order chi connectivity index (χ0) is 12.1. The average Bonchev–Trinajstić information content (AvgIpc) is 2.76. The lowest BCUT2D eigenvalue weighted by Gasteiger charge is -2.27. The van der Waals surface area contributed by atoms with Crippen LogP contribution in [0.4, 0.5) is 0 Å². The minimum Gasteiger partial charge on any atom is -0.465 e. The minimum atomic E-state index is -0.276. The zero-order valence-corrected chi connectivity index (χ0v) is 10.2. The number of carbonyl (C=O) groups is 2. The van der Waals surface area contributed by atoms with E-state index in [9.17, 15) is 9.59 Å². The Hall–Kier alpha value is -1.10. The molecule has 5 nitrogen and oxygen atoms in total. The van der Waals surface area contributed by atoms with Gasteiger partial charge in [0.05, 0.1) is 12.6 Å². The molecule has 2 unspecified atom stereocenters. The number of hydrogen-bond acceptors (Lipinski definition) is 4. The standard InChI is InChI=1S/C11H20N2O3/c1-4-16-11(15)9-6-5-7-13(9)8(2)10(14)12-3/h8-9H,4-7H2,1-3H3,(H,12,14). The highest BCUT2D eigenvalue weighted by atomic mass is 16.5. The minimum absolute atomic E-state index is 0.0591. The molecule has 1 aliphatic rings. The summed E-state index contributed by atoms with van der Waals surface area (Å²) < 4.78 is 5.01. The van der Waals surface area contributed by atoms with Gasteiger partial charge in [0.15, 0.2) is 0 Å². The van der Waals surface area contributed by atoms with Gasteiger partial charge in [0, 0.05) is 7.05 Å². The normalized spacial score (nSPS) is 22.8. The molecule has 1 heterocycles. The van der Waals surface area contributed by atoms with Crippen molar-refractivity contribution in [2.24, 2.45) is 0 Å². The van der Waals surface area contributed by atoms with Gasteiger partial charge in [-0.25, -0.2) is 0 Å². The number of carbonyl (C=O) groups excluding carboxylic acids is 2. The number of likely N-dealkylation sites (N-methyl/N-ethyl adjacent to an activating group) is 1. The fraction of sp³-hybridized carbons (Fsp3) is 0.818. The molecule has 0 spiro atoms. The molecular formula is C11H20N2O3. The Morgan fingerprint density at radius 3 is 2.81 bits per heavy atom. The molecular weight excluding hydrogens is 208 g/mol. The number of likely N-dealkylation sites (tertiary alicyclic amines) is 1. The van der Waals surface area contributed by atoms with E-state index in [4.69, 9.17) is 4.74 Å². The maximum atomic E-state index is 11.7. The molecule has 2 atom stereocenters. The molecule has 0 bridgehead atoms. The van der Waals surface area contributed by atoms with Gasteiger partial charge in [-0.15, -0.1) is 0 Å². The van der Waals surface area contributed by atoms with Crippen molar-refractivity contribution < 1.29 is 14.3 Å². The molecule has 1 aliphatic heterocycles. The molecule has 1 N–H and O–H groups in total. The van der Waals surface area contributed by atoms with Gasteiger partial charge < -0.3 is 10.1 Å². The highest BCUT2D eigenvalue weighted by molar-refractivity contribution is 5.83. The summed E-state index contributed by atoms with van der Waals surface area (Å²) in [5, 5.41) is 2.60. The lowest BCUT2D eigenvalue weighted by molar-refractivity contribution is -0.149. The molecule has 0 aliphatic carbocycles. The SMILES string of the molecule is CCOC(=O)C1CCCN1C(C)C(=O)NC. The summed E-state index contributed by atoms with van der Waals surface area (Å²) in [6.07, 6.45) is 1.71. The summed E-state index contributed by atoms with van der Waals surface area (Å²) in [5.74, 6) is -0.271. The van der Waals surface area contributed by atoms with Crippen LogP contribution in [0.1, 0.15) is 26.7 Å². The van der Waals surface area contributed by atoms with Crippen LogP contribution in [0.15, 0.2) is 0 Å². The smallest absolute Gasteiger partial charge is 0.323 e. The van der Waals surface area contributed by atoms with Crippen molar-refractivity contribution in [3.05, 3.63) is 0 Å². The van der Waals surface area contributed by atoms with Gasteiger partial charge >= 0.3 is 5.97 Å². The molecule has 1 rings (SSSR count). The van der Waals surface area contributed by atoms with Gasteiger partial charge in [0.2, 0.25) is 5.91 Å². The predicted octanol–water partition coefficient (Wildman–Crippen LogP) is 0.148. The summed E-state index contributed by atoms with van der Waals surface area (Å²) in [7, 11) is 1.61. The molecule has 1 fully saturated rings. The van der Waals surface area contributed by atoms with E-state index in [0.717, 1.165) is 19.4 Å². The average molecular weight is 228 g/mol. The maximum absolute atomic E-state index is 11.7. The third kappa shape index (κ3) is 2.72. The largest absolute Gasteiger partial charge is 0.465 e. The molecule has 16 heavy (non-hydrogen) atoms. The Morgan fingerprint density at radius 2 is 2.25 bits per heavy atom. The Bertz CT molecular complexity index is 268. The number of ether oxygens (including phenoxy) is 1. The summed E-state index contributed by atoms with van der Waals surface area (Å²) in [6.45, 7) is 4.77. The molecule has 0 radical (unpaired) electrons. The van der Waals surface area contributed by atoms with Crippen LogP contribution in [0, 0.1) is 0 Å². The van der Waals surface area contributed by atoms with E-state index in [1.807, 2.05) is 11.8 Å². The molecule has 1 amide bonds. The Balaban J connectivity index is 2.64. The second-order valence-corrected chi connectivity index (χ2v) is 3.94. The van der Waals surface area contributed by atoms with Crippen molar-refractivity contribution in [2.75, 3.05) is 20.2 Å². The van der Waals surface area contributed by atoms with E-state index in [1.165, 1.54) is 0 Å². The monoisotopic (exact) mass is 228 g/mol. The highest BCUT2D eigenvalue weighted by Crippen LogP contribution is 2.21. The topological polar surface area (TPSA) is 58.6 Å². The predicted molar refractivity (Wildman–Crippen MR) is 59.9 cm³/mol. The van der Waals surface area contributed by atoms with Crippen molar-refractivity contribution in [3.63, 3.8) is 0 Å². The first-order valence-electron chi connectivity index (χ1n) is 5.75. The quantitative estimate of drug-likeness (QED) is 0.696. The molecule has 92 valence electrons. The Kier molecular flexibility index (Phi) is 4.73. The summed E-state index contributed by atoms with van der Waals surface area (Å²) in [6, 6.07) is -0.533. The Labute approximate surface area is 96.1 Å². The number of nitrogens with zero attached hydrogens (tertiary/aromatic N) is 1.